The molecule has 0 spiro atoms. The fourth-order valence-electron chi connectivity index (χ4n) is 10.3. The van der Waals surface area contributed by atoms with E-state index in [0.717, 1.165) is 78.1 Å². The molecule has 0 aliphatic rings. The number of rotatable bonds is 8. The first-order chi connectivity index (χ1) is 33.7. The highest BCUT2D eigenvalue weighted by atomic mass is 15.2. The monoisotopic (exact) mass is 865 g/mol. The first-order valence-electron chi connectivity index (χ1n) is 23.3. The van der Waals surface area contributed by atoms with Gasteiger partial charge in [-0.25, -0.2) is 0 Å². The van der Waals surface area contributed by atoms with Gasteiger partial charge >= 0.3 is 0 Å². The fraction of sp³-hybridized carbons (Fsp3) is 0. The third-order valence-electron chi connectivity index (χ3n) is 13.5. The Hall–Kier alpha value is -9.05. The Morgan fingerprint density at radius 2 is 0.618 bits per heavy atom. The Morgan fingerprint density at radius 1 is 0.235 bits per heavy atom. The molecule has 0 bridgehead atoms. The van der Waals surface area contributed by atoms with Crippen LogP contribution >= 0.6 is 0 Å². The molecule has 1 heterocycles. The van der Waals surface area contributed by atoms with Gasteiger partial charge in [-0.15, -0.1) is 0 Å². The summed E-state index contributed by atoms with van der Waals surface area (Å²) in [5, 5.41) is 13.0. The van der Waals surface area contributed by atoms with E-state index in [0.29, 0.717) is 0 Å². The van der Waals surface area contributed by atoms with E-state index >= 15 is 0 Å². The molecule has 0 amide bonds. The average molecular weight is 866 g/mol. The highest BCUT2D eigenvalue weighted by Gasteiger charge is 2.23. The molecule has 0 fully saturated rings. The van der Waals surface area contributed by atoms with E-state index in [2.05, 4.69) is 271 Å². The number of hydrogen-bond acceptors (Lipinski definition) is 3. The second kappa shape index (κ2) is 16.4. The standard InChI is InChI=1S/C65H43N3/c1-3-23-54(24-4-1)67(56-33-31-46-17-9-13-21-50(46)39-56)58-35-36-60-61(41-58)64(53-30-28-45-16-8-12-20-49(45)38-53)65-62(63(60)52-29-27-44-15-7-11-19-48(44)37-52)42-59(43-66-65)68(55-25-5-2-6-26-55)57-34-32-47-18-10-14-22-51(47)40-57/h1-43H. The minimum atomic E-state index is 0.945. The minimum Gasteiger partial charge on any atom is -0.310 e. The van der Waals surface area contributed by atoms with E-state index in [9.17, 15) is 0 Å². The third kappa shape index (κ3) is 6.88. The second-order valence-corrected chi connectivity index (χ2v) is 17.6. The molecule has 0 atom stereocenters. The van der Waals surface area contributed by atoms with Crippen molar-refractivity contribution in [2.75, 3.05) is 9.80 Å². The molecule has 0 aliphatic heterocycles. The van der Waals surface area contributed by atoms with Crippen molar-refractivity contribution in [2.24, 2.45) is 0 Å². The van der Waals surface area contributed by atoms with Crippen molar-refractivity contribution in [1.29, 1.82) is 0 Å². The molecule has 12 aromatic carbocycles. The number of para-hydroxylation sites is 2. The lowest BCUT2D eigenvalue weighted by Gasteiger charge is -2.28. The van der Waals surface area contributed by atoms with Gasteiger partial charge in [0.15, 0.2) is 0 Å². The number of hydrogen-bond donors (Lipinski definition) is 0. The third-order valence-corrected chi connectivity index (χ3v) is 13.5. The van der Waals surface area contributed by atoms with Gasteiger partial charge in [0.05, 0.1) is 17.4 Å². The van der Waals surface area contributed by atoms with Crippen LogP contribution in [0.5, 0.6) is 0 Å². The van der Waals surface area contributed by atoms with E-state index in [1.807, 2.05) is 0 Å². The molecule has 0 saturated carbocycles. The summed E-state index contributed by atoms with van der Waals surface area (Å²) in [6.45, 7) is 0. The van der Waals surface area contributed by atoms with Crippen LogP contribution in [-0.2, 0) is 0 Å². The first kappa shape index (κ1) is 39.3. The van der Waals surface area contributed by atoms with E-state index in [1.165, 1.54) is 43.1 Å². The van der Waals surface area contributed by atoms with Crippen LogP contribution in [-0.4, -0.2) is 4.98 Å². The number of nitrogens with zero attached hydrogens (tertiary/aromatic N) is 3. The van der Waals surface area contributed by atoms with Crippen LogP contribution in [0.25, 0.3) is 87.0 Å². The molecule has 3 heteroatoms. The predicted octanol–water partition coefficient (Wildman–Crippen LogP) is 18.3. The van der Waals surface area contributed by atoms with Gasteiger partial charge in [0.1, 0.15) is 0 Å². The summed E-state index contributed by atoms with van der Waals surface area (Å²) in [7, 11) is 0. The van der Waals surface area contributed by atoms with Gasteiger partial charge in [-0.2, -0.15) is 0 Å². The van der Waals surface area contributed by atoms with Crippen molar-refractivity contribution in [3.63, 3.8) is 0 Å². The van der Waals surface area contributed by atoms with Crippen LogP contribution in [0.1, 0.15) is 0 Å². The zero-order valence-corrected chi connectivity index (χ0v) is 37.2. The molecule has 1 aromatic heterocycles. The SMILES string of the molecule is c1ccc(N(c2ccc3ccccc3c2)c2ccc3c(-c4ccc5ccccc5c4)c4cc(N(c5ccccc5)c5ccc6ccccc6c5)cnc4c(-c4ccc5ccccc5c4)c3c2)cc1. The number of pyridine rings is 1. The number of anilines is 6. The largest absolute Gasteiger partial charge is 0.310 e. The summed E-state index contributed by atoms with van der Waals surface area (Å²) < 4.78 is 0. The van der Waals surface area contributed by atoms with Crippen LogP contribution in [0, 0.1) is 0 Å². The average Bonchev–Trinajstić information content (AvgIpc) is 3.40. The normalized spacial score (nSPS) is 11.5. The molecule has 0 N–H and O–H groups in total. The summed E-state index contributed by atoms with van der Waals surface area (Å²) in [6.07, 6.45) is 2.07. The molecule has 13 rings (SSSR count). The molecule has 3 nitrogen and oxygen atoms in total. The maximum Gasteiger partial charge on any atom is 0.0794 e. The number of benzene rings is 12. The van der Waals surface area contributed by atoms with Gasteiger partial charge in [0.2, 0.25) is 0 Å². The Labute approximate surface area is 395 Å². The van der Waals surface area contributed by atoms with Gasteiger partial charge < -0.3 is 9.80 Å². The molecule has 0 saturated heterocycles. The number of fused-ring (bicyclic) bond motifs is 6. The summed E-state index contributed by atoms with van der Waals surface area (Å²) in [4.78, 5) is 10.4. The predicted molar refractivity (Wildman–Crippen MR) is 290 cm³/mol. The van der Waals surface area contributed by atoms with Crippen LogP contribution in [0.2, 0.25) is 0 Å². The van der Waals surface area contributed by atoms with Crippen LogP contribution in [0.15, 0.2) is 261 Å². The molecule has 13 aromatic rings. The summed E-state index contributed by atoms with van der Waals surface area (Å²) in [5.41, 5.74) is 11.8. The second-order valence-electron chi connectivity index (χ2n) is 17.6. The lowest BCUT2D eigenvalue weighted by Crippen LogP contribution is -2.11. The Bertz CT molecular complexity index is 3780. The Kier molecular flexibility index (Phi) is 9.50. The Morgan fingerprint density at radius 3 is 1.13 bits per heavy atom. The quantitative estimate of drug-likeness (QED) is 0.142. The summed E-state index contributed by atoms with van der Waals surface area (Å²) in [6, 6.07) is 92.5. The number of aromatic nitrogens is 1. The molecule has 0 radical (unpaired) electrons. The first-order valence-corrected chi connectivity index (χ1v) is 23.3. The molecule has 0 aliphatic carbocycles. The van der Waals surface area contributed by atoms with Crippen molar-refractivity contribution in [3.05, 3.63) is 261 Å². The smallest absolute Gasteiger partial charge is 0.0794 e. The topological polar surface area (TPSA) is 19.4 Å². The van der Waals surface area contributed by atoms with Gasteiger partial charge in [-0.1, -0.05) is 176 Å². The molecular formula is C65H43N3. The van der Waals surface area contributed by atoms with E-state index in [1.54, 1.807) is 0 Å². The maximum absolute atomic E-state index is 5.64. The van der Waals surface area contributed by atoms with E-state index < -0.39 is 0 Å². The van der Waals surface area contributed by atoms with Crippen molar-refractivity contribution < 1.29 is 0 Å². The van der Waals surface area contributed by atoms with E-state index in [-0.39, 0.29) is 0 Å². The van der Waals surface area contributed by atoms with Crippen LogP contribution < -0.4 is 9.80 Å². The molecular weight excluding hydrogens is 823 g/mol. The van der Waals surface area contributed by atoms with Crippen molar-refractivity contribution in [3.8, 4) is 22.3 Å². The van der Waals surface area contributed by atoms with Crippen LogP contribution in [0.4, 0.5) is 34.1 Å². The van der Waals surface area contributed by atoms with Crippen LogP contribution in [0.3, 0.4) is 0 Å². The molecule has 318 valence electrons. The molecule has 0 unspecified atom stereocenters. The lowest BCUT2D eigenvalue weighted by molar-refractivity contribution is 1.26. The zero-order valence-electron chi connectivity index (χ0n) is 37.2. The van der Waals surface area contributed by atoms with E-state index in [4.69, 9.17) is 4.98 Å². The lowest BCUT2D eigenvalue weighted by atomic mass is 9.86. The molecule has 68 heavy (non-hydrogen) atoms. The summed E-state index contributed by atoms with van der Waals surface area (Å²) in [5.74, 6) is 0. The van der Waals surface area contributed by atoms with Gasteiger partial charge in [0, 0.05) is 39.4 Å². The van der Waals surface area contributed by atoms with Gasteiger partial charge in [-0.05, 0) is 149 Å². The van der Waals surface area contributed by atoms with Crippen molar-refractivity contribution in [1.82, 2.24) is 4.98 Å². The summed E-state index contributed by atoms with van der Waals surface area (Å²) >= 11 is 0. The highest BCUT2D eigenvalue weighted by molar-refractivity contribution is 6.22. The van der Waals surface area contributed by atoms with Crippen molar-refractivity contribution >= 4 is 98.9 Å². The highest BCUT2D eigenvalue weighted by Crippen LogP contribution is 2.48. The zero-order chi connectivity index (χ0) is 45.0. The van der Waals surface area contributed by atoms with Gasteiger partial charge in [0.25, 0.3) is 0 Å². The fourth-order valence-corrected chi connectivity index (χ4v) is 10.3. The maximum atomic E-state index is 5.64. The van der Waals surface area contributed by atoms with Gasteiger partial charge in [-0.3, -0.25) is 4.98 Å². The minimum absolute atomic E-state index is 0.945. The Balaban J connectivity index is 1.13. The van der Waals surface area contributed by atoms with Crippen molar-refractivity contribution in [2.45, 2.75) is 0 Å².